The van der Waals surface area contributed by atoms with E-state index in [0.29, 0.717) is 66.6 Å². The first-order chi connectivity index (χ1) is 29.7. The molecule has 0 amide bonds. The summed E-state index contributed by atoms with van der Waals surface area (Å²) in [6, 6.07) is 46.5. The summed E-state index contributed by atoms with van der Waals surface area (Å²) in [5, 5.41) is 20.5. The Hall–Kier alpha value is -6.76. The number of carboxylic acids is 2. The van der Waals surface area contributed by atoms with E-state index in [1.54, 1.807) is 85.8 Å². The first kappa shape index (κ1) is 44.8. The molecule has 62 heavy (non-hydrogen) atoms. The summed E-state index contributed by atoms with van der Waals surface area (Å²) in [5.41, 5.74) is 6.69. The van der Waals surface area contributed by atoms with E-state index in [-0.39, 0.29) is 9.79 Å². The van der Waals surface area contributed by atoms with Crippen LogP contribution < -0.4 is 9.44 Å². The lowest BCUT2D eigenvalue weighted by molar-refractivity contribution is 0.0684. The van der Waals surface area contributed by atoms with E-state index >= 15 is 0 Å². The maximum Gasteiger partial charge on any atom is 0.335 e. The number of hydrogen-bond acceptors (Lipinski definition) is 6. The molecule has 7 aromatic carbocycles. The lowest BCUT2D eigenvalue weighted by Gasteiger charge is -2.14. The minimum atomic E-state index is -3.75. The van der Waals surface area contributed by atoms with Gasteiger partial charge in [-0.15, -0.1) is 0 Å². The molecule has 0 heterocycles. The molecular weight excluding hydrogens is 821 g/mol. The molecule has 7 rings (SSSR count). The molecule has 0 saturated heterocycles. The predicted octanol–water partition coefficient (Wildman–Crippen LogP) is 10.5. The van der Waals surface area contributed by atoms with Gasteiger partial charge in [0.05, 0.1) is 32.3 Å². The summed E-state index contributed by atoms with van der Waals surface area (Å²) in [4.78, 5) is 23.2. The normalized spacial score (nSPS) is 11.3. The Morgan fingerprint density at radius 1 is 0.468 bits per heavy atom. The van der Waals surface area contributed by atoms with Crippen molar-refractivity contribution in [2.24, 2.45) is 0 Å². The van der Waals surface area contributed by atoms with Crippen LogP contribution in [0.15, 0.2) is 168 Å². The van der Waals surface area contributed by atoms with Crippen LogP contribution in [-0.2, 0) is 45.7 Å². The summed E-state index contributed by atoms with van der Waals surface area (Å²) < 4.78 is 57.4. The van der Waals surface area contributed by atoms with Crippen molar-refractivity contribution in [3.63, 3.8) is 0 Å². The van der Waals surface area contributed by atoms with Gasteiger partial charge < -0.3 is 10.2 Å². The Kier molecular flexibility index (Phi) is 14.6. The quantitative estimate of drug-likeness (QED) is 0.0745. The van der Waals surface area contributed by atoms with Gasteiger partial charge in [0, 0.05) is 0 Å². The highest BCUT2D eigenvalue weighted by molar-refractivity contribution is 7.93. The predicted molar refractivity (Wildman–Crippen MR) is 245 cm³/mol. The standard InChI is InChI=1S/C26H23NO4S.C24H25NO4S/c28-26(29)24-14-5-3-9-20(24)12-7-13-21-10-4-6-15-25(21)27-32(30,31)23-17-16-19-8-1-2-11-22(19)18-23;1-17-14-15-23(18(2)16-17)30(28,29)25-22-13-6-4-9-20(22)11-7-10-19-8-3-5-12-21(19)24(26)27/h1-6,8-11,14-18,27H,7,12-13H2,(H,28,29);3-6,8-9,12-16,25H,7,10-11H2,1-2H3,(H,26,27). The van der Waals surface area contributed by atoms with Gasteiger partial charge >= 0.3 is 11.9 Å². The molecule has 0 unspecified atom stereocenters. The fourth-order valence-electron chi connectivity index (χ4n) is 7.35. The molecule has 0 radical (unpaired) electrons. The zero-order valence-electron chi connectivity index (χ0n) is 34.4. The summed E-state index contributed by atoms with van der Waals surface area (Å²) in [6.07, 6.45) is 3.82. The zero-order chi connectivity index (χ0) is 44.3. The highest BCUT2D eigenvalue weighted by atomic mass is 32.2. The van der Waals surface area contributed by atoms with Crippen molar-refractivity contribution in [3.05, 3.63) is 202 Å². The van der Waals surface area contributed by atoms with Gasteiger partial charge in [0.25, 0.3) is 20.0 Å². The summed E-state index contributed by atoms with van der Waals surface area (Å²) in [5.74, 6) is -1.88. The Bertz CT molecular complexity index is 2950. The number of anilines is 2. The van der Waals surface area contributed by atoms with Crippen LogP contribution in [0.1, 0.15) is 66.9 Å². The van der Waals surface area contributed by atoms with Gasteiger partial charge in [0.15, 0.2) is 0 Å². The van der Waals surface area contributed by atoms with Gasteiger partial charge in [-0.2, -0.15) is 0 Å². The van der Waals surface area contributed by atoms with E-state index < -0.39 is 32.0 Å². The van der Waals surface area contributed by atoms with Crippen LogP contribution in [0.5, 0.6) is 0 Å². The van der Waals surface area contributed by atoms with E-state index in [9.17, 15) is 36.6 Å². The third kappa shape index (κ3) is 11.5. The highest BCUT2D eigenvalue weighted by Gasteiger charge is 2.20. The number of sulfonamides is 2. The van der Waals surface area contributed by atoms with Gasteiger partial charge in [0.2, 0.25) is 0 Å². The van der Waals surface area contributed by atoms with Crippen LogP contribution in [0.25, 0.3) is 10.8 Å². The molecular formula is C50H48N2O8S2. The minimum absolute atomic E-state index is 0.210. The minimum Gasteiger partial charge on any atom is -0.478 e. The number of rotatable bonds is 16. The van der Waals surface area contributed by atoms with Crippen LogP contribution in [0.2, 0.25) is 0 Å². The molecule has 0 fully saturated rings. The Labute approximate surface area is 363 Å². The van der Waals surface area contributed by atoms with E-state index in [1.165, 1.54) is 0 Å². The number of hydrogen-bond donors (Lipinski definition) is 4. The molecule has 7 aromatic rings. The smallest absolute Gasteiger partial charge is 0.335 e. The zero-order valence-corrected chi connectivity index (χ0v) is 36.0. The molecule has 0 atom stereocenters. The number of carbonyl (C=O) groups is 2. The lowest BCUT2D eigenvalue weighted by Crippen LogP contribution is -2.15. The molecule has 0 aliphatic rings. The maximum absolute atomic E-state index is 13.0. The van der Waals surface area contributed by atoms with Gasteiger partial charge in [0.1, 0.15) is 0 Å². The molecule has 0 aliphatic heterocycles. The van der Waals surface area contributed by atoms with Crippen LogP contribution >= 0.6 is 0 Å². The monoisotopic (exact) mass is 868 g/mol. The number of aromatic carboxylic acids is 2. The van der Waals surface area contributed by atoms with Gasteiger partial charge in [-0.05, 0) is 133 Å². The van der Waals surface area contributed by atoms with Crippen molar-refractivity contribution in [3.8, 4) is 0 Å². The second kappa shape index (κ2) is 20.2. The number of para-hydroxylation sites is 2. The Balaban J connectivity index is 0.000000207. The highest BCUT2D eigenvalue weighted by Crippen LogP contribution is 2.27. The summed E-state index contributed by atoms with van der Waals surface area (Å²) >= 11 is 0. The number of aryl methyl sites for hydroxylation is 6. The second-order valence-corrected chi connectivity index (χ2v) is 18.3. The average Bonchev–Trinajstić information content (AvgIpc) is 3.25. The Morgan fingerprint density at radius 3 is 1.42 bits per heavy atom. The summed E-state index contributed by atoms with van der Waals surface area (Å²) in [7, 11) is -7.46. The molecule has 12 heteroatoms. The average molecular weight is 869 g/mol. The number of benzene rings is 7. The van der Waals surface area contributed by atoms with Gasteiger partial charge in [-0.1, -0.05) is 121 Å². The fraction of sp³-hybridized carbons (Fsp3) is 0.160. The van der Waals surface area contributed by atoms with Crippen LogP contribution in [0, 0.1) is 13.8 Å². The van der Waals surface area contributed by atoms with Gasteiger partial charge in [-0.3, -0.25) is 9.44 Å². The second-order valence-electron chi connectivity index (χ2n) is 14.9. The summed E-state index contributed by atoms with van der Waals surface area (Å²) in [6.45, 7) is 3.71. The third-order valence-corrected chi connectivity index (χ3v) is 13.3. The topological polar surface area (TPSA) is 167 Å². The van der Waals surface area contributed by atoms with Crippen molar-refractivity contribution < 1.29 is 36.6 Å². The SMILES string of the molecule is Cc1ccc(S(=O)(=O)Nc2ccccc2CCCc2ccccc2C(=O)O)c(C)c1.O=C(O)c1ccccc1CCCc1ccccc1NS(=O)(=O)c1ccc2ccccc2c1. The first-order valence-corrected chi connectivity index (χ1v) is 23.1. The molecule has 0 saturated carbocycles. The van der Waals surface area contributed by atoms with Crippen molar-refractivity contribution in [1.82, 2.24) is 0 Å². The van der Waals surface area contributed by atoms with E-state index in [2.05, 4.69) is 9.44 Å². The van der Waals surface area contributed by atoms with Crippen LogP contribution in [0.3, 0.4) is 0 Å². The van der Waals surface area contributed by atoms with E-state index in [4.69, 9.17) is 0 Å². The number of carboxylic acid groups (broad SMARTS) is 2. The van der Waals surface area contributed by atoms with E-state index in [1.807, 2.05) is 85.8 Å². The molecule has 4 N–H and O–H groups in total. The van der Waals surface area contributed by atoms with Crippen LogP contribution in [-0.4, -0.2) is 39.0 Å². The largest absolute Gasteiger partial charge is 0.478 e. The molecule has 0 spiro atoms. The van der Waals surface area contributed by atoms with Crippen molar-refractivity contribution in [2.45, 2.75) is 62.2 Å². The Morgan fingerprint density at radius 2 is 0.903 bits per heavy atom. The van der Waals surface area contributed by atoms with Crippen molar-refractivity contribution in [2.75, 3.05) is 9.44 Å². The number of fused-ring (bicyclic) bond motifs is 1. The fourth-order valence-corrected chi connectivity index (χ4v) is 9.81. The van der Waals surface area contributed by atoms with Crippen molar-refractivity contribution >= 4 is 54.1 Å². The van der Waals surface area contributed by atoms with E-state index in [0.717, 1.165) is 38.6 Å². The molecule has 0 aromatic heterocycles. The molecule has 0 bridgehead atoms. The number of nitrogens with one attached hydrogen (secondary N) is 2. The molecule has 318 valence electrons. The van der Waals surface area contributed by atoms with Crippen LogP contribution in [0.4, 0.5) is 11.4 Å². The maximum atomic E-state index is 13.0. The third-order valence-electron chi connectivity index (χ3n) is 10.5. The van der Waals surface area contributed by atoms with Gasteiger partial charge in [-0.25, -0.2) is 26.4 Å². The molecule has 0 aliphatic carbocycles. The first-order valence-electron chi connectivity index (χ1n) is 20.1. The lowest BCUT2D eigenvalue weighted by atomic mass is 9.99. The molecule has 10 nitrogen and oxygen atoms in total. The van der Waals surface area contributed by atoms with Crippen molar-refractivity contribution in [1.29, 1.82) is 0 Å².